The lowest BCUT2D eigenvalue weighted by Gasteiger charge is -2.13. The average Bonchev–Trinajstić information content (AvgIpc) is 2.27. The minimum atomic E-state index is -0.612. The Morgan fingerprint density at radius 1 is 1.36 bits per heavy atom. The first-order valence-corrected chi connectivity index (χ1v) is 4.87. The molecule has 1 aromatic carbocycles. The van der Waals surface area contributed by atoms with Gasteiger partial charge in [-0.25, -0.2) is 0 Å². The number of rotatable bonds is 4. The fourth-order valence-corrected chi connectivity index (χ4v) is 1.39. The molecule has 0 amide bonds. The Hall–Kier alpha value is -0.870. The number of hydrogen-bond acceptors (Lipinski definition) is 4. The smallest absolute Gasteiger partial charge is 0.128 e. The maximum absolute atomic E-state index is 9.61. The Morgan fingerprint density at radius 3 is 2.57 bits per heavy atom. The lowest BCUT2D eigenvalue weighted by molar-refractivity contribution is 0.199. The highest BCUT2D eigenvalue weighted by Gasteiger charge is 2.12. The van der Waals surface area contributed by atoms with Crippen molar-refractivity contribution in [2.75, 3.05) is 20.0 Å². The van der Waals surface area contributed by atoms with Crippen molar-refractivity contribution in [2.24, 2.45) is 0 Å². The Labute approximate surface area is 89.1 Å². The lowest BCUT2D eigenvalue weighted by atomic mass is 10.1. The molecule has 0 fully saturated rings. The molecule has 78 valence electrons. The van der Waals surface area contributed by atoms with Gasteiger partial charge in [0.25, 0.3) is 0 Å². The van der Waals surface area contributed by atoms with E-state index in [0.717, 1.165) is 5.56 Å². The van der Waals surface area contributed by atoms with Gasteiger partial charge in [0.05, 0.1) is 20.3 Å². The van der Waals surface area contributed by atoms with E-state index in [4.69, 9.17) is 9.47 Å². The summed E-state index contributed by atoms with van der Waals surface area (Å²) in [7, 11) is 3.15. The van der Waals surface area contributed by atoms with E-state index < -0.39 is 6.10 Å². The van der Waals surface area contributed by atoms with Gasteiger partial charge in [-0.15, -0.1) is 0 Å². The minimum absolute atomic E-state index is 0.364. The number of hydrogen-bond donors (Lipinski definition) is 2. The van der Waals surface area contributed by atoms with Crippen LogP contribution < -0.4 is 9.47 Å². The van der Waals surface area contributed by atoms with Crippen molar-refractivity contribution in [2.45, 2.75) is 6.10 Å². The summed E-state index contributed by atoms with van der Waals surface area (Å²) in [4.78, 5) is 0. The van der Waals surface area contributed by atoms with Crippen LogP contribution in [0.3, 0.4) is 0 Å². The van der Waals surface area contributed by atoms with E-state index in [1.54, 1.807) is 32.4 Å². The second-order valence-corrected chi connectivity index (χ2v) is 3.17. The van der Waals surface area contributed by atoms with Crippen LogP contribution in [0.5, 0.6) is 11.5 Å². The number of methoxy groups -OCH3 is 2. The SMILES string of the molecule is COc1ccc(C(O)CS)c(OC)c1. The second-order valence-electron chi connectivity index (χ2n) is 2.81. The van der Waals surface area contributed by atoms with E-state index in [1.165, 1.54) is 0 Å². The number of thiol groups is 1. The van der Waals surface area contributed by atoms with E-state index in [2.05, 4.69) is 12.6 Å². The molecule has 4 heteroatoms. The highest BCUT2D eigenvalue weighted by molar-refractivity contribution is 7.80. The van der Waals surface area contributed by atoms with Gasteiger partial charge in [0.15, 0.2) is 0 Å². The molecule has 0 aliphatic heterocycles. The molecule has 0 aliphatic carbocycles. The van der Waals surface area contributed by atoms with Crippen LogP contribution in [-0.4, -0.2) is 25.1 Å². The molecule has 0 aromatic heterocycles. The maximum atomic E-state index is 9.61. The summed E-state index contributed by atoms with van der Waals surface area (Å²) in [6, 6.07) is 5.30. The van der Waals surface area contributed by atoms with E-state index in [0.29, 0.717) is 17.3 Å². The third kappa shape index (κ3) is 2.33. The van der Waals surface area contributed by atoms with Gasteiger partial charge in [0.1, 0.15) is 11.5 Å². The van der Waals surface area contributed by atoms with Crippen LogP contribution in [0.25, 0.3) is 0 Å². The summed E-state index contributed by atoms with van der Waals surface area (Å²) in [6.07, 6.45) is -0.612. The van der Waals surface area contributed by atoms with E-state index >= 15 is 0 Å². The van der Waals surface area contributed by atoms with Crippen molar-refractivity contribution in [3.8, 4) is 11.5 Å². The second kappa shape index (κ2) is 5.12. The molecule has 1 aromatic rings. The highest BCUT2D eigenvalue weighted by atomic mass is 32.1. The van der Waals surface area contributed by atoms with E-state index in [1.807, 2.05) is 0 Å². The molecule has 3 nitrogen and oxygen atoms in total. The zero-order chi connectivity index (χ0) is 10.6. The molecule has 14 heavy (non-hydrogen) atoms. The minimum Gasteiger partial charge on any atom is -0.497 e. The van der Waals surface area contributed by atoms with Crippen LogP contribution in [0, 0.1) is 0 Å². The summed E-state index contributed by atoms with van der Waals surface area (Å²) in [5.41, 5.74) is 0.725. The monoisotopic (exact) mass is 214 g/mol. The van der Waals surface area contributed by atoms with Crippen molar-refractivity contribution in [1.29, 1.82) is 0 Å². The van der Waals surface area contributed by atoms with Gasteiger partial charge in [0.2, 0.25) is 0 Å². The standard InChI is InChI=1S/C10H14O3S/c1-12-7-3-4-8(9(11)6-14)10(5-7)13-2/h3-5,9,11,14H,6H2,1-2H3. The molecule has 0 radical (unpaired) electrons. The van der Waals surface area contributed by atoms with Crippen molar-refractivity contribution in [3.05, 3.63) is 23.8 Å². The Morgan fingerprint density at radius 2 is 2.07 bits per heavy atom. The van der Waals surface area contributed by atoms with Crippen molar-refractivity contribution in [3.63, 3.8) is 0 Å². The Bertz CT molecular complexity index is 301. The molecule has 0 aliphatic rings. The zero-order valence-electron chi connectivity index (χ0n) is 8.23. The molecular weight excluding hydrogens is 200 g/mol. The predicted octanol–water partition coefficient (Wildman–Crippen LogP) is 1.67. The Kier molecular flexibility index (Phi) is 4.10. The molecule has 1 N–H and O–H groups in total. The van der Waals surface area contributed by atoms with Crippen LogP contribution in [-0.2, 0) is 0 Å². The first-order chi connectivity index (χ1) is 6.72. The summed E-state index contributed by atoms with van der Waals surface area (Å²) < 4.78 is 10.2. The van der Waals surface area contributed by atoms with Gasteiger partial charge in [-0.1, -0.05) is 0 Å². The van der Waals surface area contributed by atoms with Crippen LogP contribution >= 0.6 is 12.6 Å². The Balaban J connectivity index is 3.04. The van der Waals surface area contributed by atoms with Gasteiger partial charge in [-0.3, -0.25) is 0 Å². The van der Waals surface area contributed by atoms with Gasteiger partial charge in [0, 0.05) is 17.4 Å². The topological polar surface area (TPSA) is 38.7 Å². The fraction of sp³-hybridized carbons (Fsp3) is 0.400. The quantitative estimate of drug-likeness (QED) is 0.749. The number of ether oxygens (including phenoxy) is 2. The molecule has 0 spiro atoms. The van der Waals surface area contributed by atoms with Crippen molar-refractivity contribution in [1.82, 2.24) is 0 Å². The first-order valence-electron chi connectivity index (χ1n) is 4.23. The third-order valence-electron chi connectivity index (χ3n) is 1.97. The molecule has 0 saturated heterocycles. The molecule has 1 atom stereocenters. The summed E-state index contributed by atoms with van der Waals surface area (Å²) in [5, 5.41) is 9.61. The lowest BCUT2D eigenvalue weighted by Crippen LogP contribution is -2.02. The first kappa shape index (κ1) is 11.2. The van der Waals surface area contributed by atoms with Gasteiger partial charge in [-0.2, -0.15) is 12.6 Å². The molecule has 1 rings (SSSR count). The normalized spacial score (nSPS) is 12.3. The van der Waals surface area contributed by atoms with Crippen LogP contribution in [0.15, 0.2) is 18.2 Å². The molecule has 1 unspecified atom stereocenters. The number of benzene rings is 1. The largest absolute Gasteiger partial charge is 0.497 e. The summed E-state index contributed by atoms with van der Waals surface area (Å²) >= 11 is 4.02. The van der Waals surface area contributed by atoms with Gasteiger partial charge >= 0.3 is 0 Å². The predicted molar refractivity (Wildman–Crippen MR) is 58.4 cm³/mol. The van der Waals surface area contributed by atoms with Crippen molar-refractivity contribution >= 4 is 12.6 Å². The van der Waals surface area contributed by atoms with Gasteiger partial charge in [-0.05, 0) is 12.1 Å². The third-order valence-corrected chi connectivity index (χ3v) is 2.32. The van der Waals surface area contributed by atoms with Crippen LogP contribution in [0.1, 0.15) is 11.7 Å². The molecule has 0 heterocycles. The number of aliphatic hydroxyl groups is 1. The molecular formula is C10H14O3S. The van der Waals surface area contributed by atoms with E-state index in [-0.39, 0.29) is 0 Å². The highest BCUT2D eigenvalue weighted by Crippen LogP contribution is 2.29. The summed E-state index contributed by atoms with van der Waals surface area (Å²) in [6.45, 7) is 0. The van der Waals surface area contributed by atoms with E-state index in [9.17, 15) is 5.11 Å². The number of aliphatic hydroxyl groups excluding tert-OH is 1. The van der Waals surface area contributed by atoms with Crippen LogP contribution in [0.4, 0.5) is 0 Å². The maximum Gasteiger partial charge on any atom is 0.128 e. The molecule has 0 bridgehead atoms. The fourth-order valence-electron chi connectivity index (χ4n) is 1.19. The summed E-state index contributed by atoms with van der Waals surface area (Å²) in [5.74, 6) is 1.69. The van der Waals surface area contributed by atoms with Gasteiger partial charge < -0.3 is 14.6 Å². The molecule has 0 saturated carbocycles. The zero-order valence-corrected chi connectivity index (χ0v) is 9.12. The van der Waals surface area contributed by atoms with Crippen LogP contribution in [0.2, 0.25) is 0 Å². The average molecular weight is 214 g/mol. The van der Waals surface area contributed by atoms with Crippen molar-refractivity contribution < 1.29 is 14.6 Å².